The second-order valence-electron chi connectivity index (χ2n) is 5.33. The van der Waals surface area contributed by atoms with Crippen LogP contribution in [0.4, 0.5) is 0 Å². The molecule has 1 saturated carbocycles. The highest BCUT2D eigenvalue weighted by molar-refractivity contribution is 5.20. The van der Waals surface area contributed by atoms with Gasteiger partial charge in [-0.3, -0.25) is 4.90 Å². The number of fused-ring (bicyclic) bond motifs is 2. The van der Waals surface area contributed by atoms with Crippen LogP contribution in [-0.2, 0) is 0 Å². The lowest BCUT2D eigenvalue weighted by atomic mass is 10.00. The highest BCUT2D eigenvalue weighted by Crippen LogP contribution is 2.42. The maximum Gasteiger partial charge on any atom is 0.0957 e. The molecule has 0 unspecified atom stereocenters. The number of piperidine rings is 1. The Labute approximate surface area is 102 Å². The van der Waals surface area contributed by atoms with Gasteiger partial charge in [-0.05, 0) is 18.9 Å². The van der Waals surface area contributed by atoms with Gasteiger partial charge in [0.05, 0.1) is 12.2 Å². The lowest BCUT2D eigenvalue weighted by molar-refractivity contribution is -0.0535. The van der Waals surface area contributed by atoms with Gasteiger partial charge in [-0.15, -0.1) is 0 Å². The minimum absolute atomic E-state index is 0.130. The average Bonchev–Trinajstić information content (AvgIpc) is 2.91. The predicted molar refractivity (Wildman–Crippen MR) is 65.5 cm³/mol. The Kier molecular flexibility index (Phi) is 2.69. The van der Waals surface area contributed by atoms with Crippen molar-refractivity contribution < 1.29 is 10.2 Å². The van der Waals surface area contributed by atoms with Crippen LogP contribution in [0.5, 0.6) is 0 Å². The topological polar surface area (TPSA) is 43.7 Å². The van der Waals surface area contributed by atoms with Crippen molar-refractivity contribution in [3.05, 3.63) is 35.9 Å². The third-order valence-electron chi connectivity index (χ3n) is 4.42. The minimum atomic E-state index is -0.570. The molecule has 0 spiro atoms. The number of likely N-dealkylation sites (tertiary alicyclic amines) is 1. The molecule has 3 nitrogen and oxygen atoms in total. The molecule has 3 rings (SSSR count). The second-order valence-corrected chi connectivity index (χ2v) is 5.33. The molecule has 2 bridgehead atoms. The summed E-state index contributed by atoms with van der Waals surface area (Å²) in [5.74, 6) is 0.251. The molecule has 0 aromatic heterocycles. The van der Waals surface area contributed by atoms with E-state index in [0.717, 1.165) is 13.0 Å². The molecule has 5 atom stereocenters. The molecule has 2 N–H and O–H groups in total. The zero-order valence-corrected chi connectivity index (χ0v) is 10.0. The first-order valence-electron chi connectivity index (χ1n) is 6.35. The van der Waals surface area contributed by atoms with Crippen LogP contribution in [0.15, 0.2) is 30.3 Å². The van der Waals surface area contributed by atoms with Gasteiger partial charge in [0.25, 0.3) is 0 Å². The summed E-state index contributed by atoms with van der Waals surface area (Å²) in [5.41, 5.74) is 1.28. The summed E-state index contributed by atoms with van der Waals surface area (Å²) in [6.45, 7) is 3.08. The zero-order chi connectivity index (χ0) is 12.0. The summed E-state index contributed by atoms with van der Waals surface area (Å²) in [6, 6.07) is 10.8. The van der Waals surface area contributed by atoms with E-state index >= 15 is 0 Å². The summed E-state index contributed by atoms with van der Waals surface area (Å²) < 4.78 is 0. The standard InChI is InChI=1S/C14H19NO2/c1-9(10-5-3-2-4-6-10)15-8-11-7-12(15)14(17)13(11)16/h2-6,9,11-14,16-17H,7-8H2,1H3/t9-,11+,12+,13+,14-/m0/s1. The van der Waals surface area contributed by atoms with Crippen LogP contribution in [0, 0.1) is 5.92 Å². The van der Waals surface area contributed by atoms with E-state index in [9.17, 15) is 10.2 Å². The third-order valence-corrected chi connectivity index (χ3v) is 4.42. The molecule has 1 heterocycles. The normalized spacial score (nSPS) is 38.5. The molecule has 2 fully saturated rings. The Morgan fingerprint density at radius 1 is 1.18 bits per heavy atom. The van der Waals surface area contributed by atoms with Crippen LogP contribution in [0.25, 0.3) is 0 Å². The Morgan fingerprint density at radius 3 is 2.47 bits per heavy atom. The average molecular weight is 233 g/mol. The highest BCUT2D eigenvalue weighted by Gasteiger charge is 2.51. The molecular weight excluding hydrogens is 214 g/mol. The lowest BCUT2D eigenvalue weighted by Crippen LogP contribution is -2.49. The van der Waals surface area contributed by atoms with E-state index in [-0.39, 0.29) is 12.0 Å². The van der Waals surface area contributed by atoms with Gasteiger partial charge in [-0.1, -0.05) is 30.3 Å². The SMILES string of the molecule is C[C@@H](c1ccccc1)N1C[C@H]2C[C@@H]1[C@H](O)[C@@H]2O. The number of rotatable bonds is 2. The Morgan fingerprint density at radius 2 is 1.88 bits per heavy atom. The summed E-state index contributed by atoms with van der Waals surface area (Å²) in [6.07, 6.45) is -0.154. The van der Waals surface area contributed by atoms with Crippen LogP contribution < -0.4 is 0 Å². The van der Waals surface area contributed by atoms with Crippen molar-refractivity contribution in [1.82, 2.24) is 4.90 Å². The second kappa shape index (κ2) is 4.09. The Hall–Kier alpha value is -0.900. The zero-order valence-electron chi connectivity index (χ0n) is 10.0. The van der Waals surface area contributed by atoms with E-state index in [1.807, 2.05) is 18.2 Å². The number of aliphatic hydroxyl groups is 2. The number of hydrogen-bond donors (Lipinski definition) is 2. The van der Waals surface area contributed by atoms with Gasteiger partial charge in [-0.25, -0.2) is 0 Å². The molecule has 1 saturated heterocycles. The van der Waals surface area contributed by atoms with E-state index in [4.69, 9.17) is 0 Å². The molecule has 1 aliphatic carbocycles. The van der Waals surface area contributed by atoms with E-state index in [0.29, 0.717) is 6.04 Å². The van der Waals surface area contributed by atoms with Crippen molar-refractivity contribution >= 4 is 0 Å². The molecule has 17 heavy (non-hydrogen) atoms. The van der Waals surface area contributed by atoms with Gasteiger partial charge < -0.3 is 10.2 Å². The first-order valence-corrected chi connectivity index (χ1v) is 6.35. The van der Waals surface area contributed by atoms with Crippen molar-refractivity contribution in [2.24, 2.45) is 5.92 Å². The Bertz CT molecular complexity index is 392. The van der Waals surface area contributed by atoms with Gasteiger partial charge in [0, 0.05) is 24.5 Å². The fraction of sp³-hybridized carbons (Fsp3) is 0.571. The minimum Gasteiger partial charge on any atom is -0.390 e. The predicted octanol–water partition coefficient (Wildman–Crippen LogP) is 1.17. The van der Waals surface area contributed by atoms with Crippen molar-refractivity contribution in [2.45, 2.75) is 37.6 Å². The first-order chi connectivity index (χ1) is 8.18. The maximum atomic E-state index is 9.96. The van der Waals surface area contributed by atoms with Crippen LogP contribution in [-0.4, -0.2) is 39.9 Å². The molecule has 0 radical (unpaired) electrons. The molecule has 0 amide bonds. The molecule has 1 aromatic carbocycles. The van der Waals surface area contributed by atoms with Crippen molar-refractivity contribution in [3.8, 4) is 0 Å². The van der Waals surface area contributed by atoms with Crippen molar-refractivity contribution in [3.63, 3.8) is 0 Å². The molecule has 2 aliphatic rings. The summed E-state index contributed by atoms with van der Waals surface area (Å²) in [7, 11) is 0. The van der Waals surface area contributed by atoms with Crippen LogP contribution >= 0.6 is 0 Å². The highest BCUT2D eigenvalue weighted by atomic mass is 16.3. The number of nitrogens with zero attached hydrogens (tertiary/aromatic N) is 1. The Balaban J connectivity index is 1.79. The van der Waals surface area contributed by atoms with Gasteiger partial charge in [0.15, 0.2) is 0 Å². The van der Waals surface area contributed by atoms with E-state index in [1.54, 1.807) is 0 Å². The first kappa shape index (κ1) is 11.2. The lowest BCUT2D eigenvalue weighted by Gasteiger charge is -2.37. The molecule has 1 aromatic rings. The van der Waals surface area contributed by atoms with E-state index in [2.05, 4.69) is 24.0 Å². The molecular formula is C14H19NO2. The largest absolute Gasteiger partial charge is 0.390 e. The summed E-state index contributed by atoms with van der Waals surface area (Å²) in [5, 5.41) is 19.7. The molecule has 1 aliphatic heterocycles. The van der Waals surface area contributed by atoms with Gasteiger partial charge in [0.2, 0.25) is 0 Å². The van der Waals surface area contributed by atoms with E-state index in [1.165, 1.54) is 5.56 Å². The fourth-order valence-corrected chi connectivity index (χ4v) is 3.38. The van der Waals surface area contributed by atoms with Crippen LogP contribution in [0.1, 0.15) is 24.9 Å². The third kappa shape index (κ3) is 1.69. The van der Waals surface area contributed by atoms with Crippen LogP contribution in [0.2, 0.25) is 0 Å². The number of aliphatic hydroxyl groups excluding tert-OH is 2. The van der Waals surface area contributed by atoms with Gasteiger partial charge in [0.1, 0.15) is 0 Å². The van der Waals surface area contributed by atoms with Gasteiger partial charge in [-0.2, -0.15) is 0 Å². The van der Waals surface area contributed by atoms with Gasteiger partial charge >= 0.3 is 0 Å². The number of benzene rings is 1. The quantitative estimate of drug-likeness (QED) is 0.806. The van der Waals surface area contributed by atoms with Crippen molar-refractivity contribution in [1.29, 1.82) is 0 Å². The molecule has 3 heteroatoms. The smallest absolute Gasteiger partial charge is 0.0957 e. The van der Waals surface area contributed by atoms with Crippen LogP contribution in [0.3, 0.4) is 0 Å². The van der Waals surface area contributed by atoms with Crippen molar-refractivity contribution in [2.75, 3.05) is 6.54 Å². The summed E-state index contributed by atoms with van der Waals surface area (Å²) in [4.78, 5) is 2.33. The fourth-order valence-electron chi connectivity index (χ4n) is 3.38. The maximum absolute atomic E-state index is 9.96. The number of hydrogen-bond acceptors (Lipinski definition) is 3. The summed E-state index contributed by atoms with van der Waals surface area (Å²) >= 11 is 0. The monoisotopic (exact) mass is 233 g/mol. The molecule has 92 valence electrons. The van der Waals surface area contributed by atoms with E-state index < -0.39 is 12.2 Å².